The summed E-state index contributed by atoms with van der Waals surface area (Å²) in [5, 5.41) is 2.56. The van der Waals surface area contributed by atoms with Crippen LogP contribution in [0.4, 0.5) is 0 Å². The molecule has 3 rings (SSSR count). The Morgan fingerprint density at radius 1 is 1.25 bits per heavy atom. The van der Waals surface area contributed by atoms with Crippen molar-refractivity contribution in [3.63, 3.8) is 0 Å². The number of rotatable bonds is 4. The quantitative estimate of drug-likeness (QED) is 0.740. The van der Waals surface area contributed by atoms with Crippen molar-refractivity contribution in [2.75, 3.05) is 13.7 Å². The number of esters is 1. The molecule has 3 aromatic rings. The molecule has 24 heavy (non-hydrogen) atoms. The number of hydrogen-bond donors (Lipinski definition) is 1. The largest absolute Gasteiger partial charge is 0.461 e. The summed E-state index contributed by atoms with van der Waals surface area (Å²) < 4.78 is 10.6. The Morgan fingerprint density at radius 2 is 2.08 bits per heavy atom. The number of carbonyl (C=O) groups excluding carboxylic acids is 2. The number of nitrogens with one attached hydrogen (secondary N) is 1. The van der Waals surface area contributed by atoms with E-state index in [1.165, 1.54) is 6.20 Å². The van der Waals surface area contributed by atoms with Crippen molar-refractivity contribution >= 4 is 23.0 Å². The molecule has 7 nitrogen and oxygen atoms in total. The maximum Gasteiger partial charge on any atom is 0.356 e. The van der Waals surface area contributed by atoms with Crippen LogP contribution in [-0.4, -0.2) is 35.5 Å². The second-order valence-corrected chi connectivity index (χ2v) is 4.93. The maximum atomic E-state index is 11.8. The summed E-state index contributed by atoms with van der Waals surface area (Å²) in [6.45, 7) is 2.00. The van der Waals surface area contributed by atoms with Crippen LogP contribution in [0.2, 0.25) is 0 Å². The van der Waals surface area contributed by atoms with E-state index in [0.29, 0.717) is 28.1 Å². The molecule has 0 spiro atoms. The summed E-state index contributed by atoms with van der Waals surface area (Å²) in [5.41, 5.74) is 2.38. The van der Waals surface area contributed by atoms with Crippen LogP contribution in [0.3, 0.4) is 0 Å². The van der Waals surface area contributed by atoms with Crippen LogP contribution in [-0.2, 0) is 4.74 Å². The van der Waals surface area contributed by atoms with E-state index in [0.717, 1.165) is 0 Å². The van der Waals surface area contributed by atoms with E-state index in [1.54, 1.807) is 44.3 Å². The van der Waals surface area contributed by atoms with E-state index in [4.69, 9.17) is 9.15 Å². The first-order chi connectivity index (χ1) is 11.6. The third kappa shape index (κ3) is 2.96. The molecule has 7 heteroatoms. The van der Waals surface area contributed by atoms with Crippen LogP contribution in [0.15, 0.2) is 40.9 Å². The fraction of sp³-hybridized carbons (Fsp3) is 0.176. The van der Waals surface area contributed by atoms with E-state index in [1.807, 2.05) is 0 Å². The first-order valence-corrected chi connectivity index (χ1v) is 7.38. The number of fused-ring (bicyclic) bond motifs is 1. The lowest BCUT2D eigenvalue weighted by Gasteiger charge is -2.01. The summed E-state index contributed by atoms with van der Waals surface area (Å²) in [4.78, 5) is 31.8. The van der Waals surface area contributed by atoms with Gasteiger partial charge in [-0.1, -0.05) is 0 Å². The Morgan fingerprint density at radius 3 is 2.83 bits per heavy atom. The molecule has 1 N–H and O–H groups in total. The first kappa shape index (κ1) is 15.7. The number of aromatic nitrogens is 2. The van der Waals surface area contributed by atoms with Crippen molar-refractivity contribution in [1.82, 2.24) is 15.3 Å². The molecule has 0 atom stereocenters. The molecule has 0 fully saturated rings. The van der Waals surface area contributed by atoms with Gasteiger partial charge in [0.25, 0.3) is 5.91 Å². The molecule has 2 aromatic heterocycles. The summed E-state index contributed by atoms with van der Waals surface area (Å²) in [6.07, 6.45) is 1.49. The van der Waals surface area contributed by atoms with Gasteiger partial charge in [-0.2, -0.15) is 0 Å². The molecule has 0 saturated heterocycles. The number of ether oxygens (including phenoxy) is 1. The smallest absolute Gasteiger partial charge is 0.356 e. The average molecular weight is 325 g/mol. The standard InChI is InChI=1S/C17H15N3O4/c1-3-23-17(22)13-9-11(6-7-19-13)16-20-12-8-10(15(21)18-2)4-5-14(12)24-16/h4-9H,3H2,1-2H3,(H,18,21). The highest BCUT2D eigenvalue weighted by molar-refractivity contribution is 5.97. The van der Waals surface area contributed by atoms with Crippen LogP contribution in [0.25, 0.3) is 22.6 Å². The molecule has 0 aliphatic carbocycles. The fourth-order valence-corrected chi connectivity index (χ4v) is 2.22. The van der Waals surface area contributed by atoms with Gasteiger partial charge in [0.1, 0.15) is 11.2 Å². The van der Waals surface area contributed by atoms with Gasteiger partial charge < -0.3 is 14.5 Å². The molecule has 122 valence electrons. The van der Waals surface area contributed by atoms with Crippen LogP contribution in [0.5, 0.6) is 0 Å². The van der Waals surface area contributed by atoms with E-state index in [9.17, 15) is 9.59 Å². The SMILES string of the molecule is CCOC(=O)c1cc(-c2nc3cc(C(=O)NC)ccc3o2)ccn1. The lowest BCUT2D eigenvalue weighted by Crippen LogP contribution is -2.17. The van der Waals surface area contributed by atoms with Crippen molar-refractivity contribution in [2.45, 2.75) is 6.92 Å². The predicted molar refractivity (Wildman–Crippen MR) is 86.6 cm³/mol. The number of benzene rings is 1. The van der Waals surface area contributed by atoms with Crippen molar-refractivity contribution in [3.05, 3.63) is 47.8 Å². The zero-order valence-corrected chi connectivity index (χ0v) is 13.2. The van der Waals surface area contributed by atoms with Crippen molar-refractivity contribution in [1.29, 1.82) is 0 Å². The molecule has 1 amide bonds. The van der Waals surface area contributed by atoms with Crippen LogP contribution in [0, 0.1) is 0 Å². The minimum atomic E-state index is -0.502. The fourth-order valence-electron chi connectivity index (χ4n) is 2.22. The van der Waals surface area contributed by atoms with E-state index in [-0.39, 0.29) is 18.2 Å². The highest BCUT2D eigenvalue weighted by Crippen LogP contribution is 2.25. The van der Waals surface area contributed by atoms with E-state index in [2.05, 4.69) is 15.3 Å². The molecule has 0 saturated carbocycles. The molecule has 0 radical (unpaired) electrons. The highest BCUT2D eigenvalue weighted by atomic mass is 16.5. The second-order valence-electron chi connectivity index (χ2n) is 4.93. The molecule has 0 unspecified atom stereocenters. The molecular weight excluding hydrogens is 310 g/mol. The molecule has 0 bridgehead atoms. The Labute approximate surface area is 137 Å². The van der Waals surface area contributed by atoms with Crippen molar-refractivity contribution in [3.8, 4) is 11.5 Å². The summed E-state index contributed by atoms with van der Waals surface area (Å²) in [5.74, 6) is -0.362. The van der Waals surface area contributed by atoms with Crippen LogP contribution < -0.4 is 5.32 Å². The zero-order chi connectivity index (χ0) is 17.1. The van der Waals surface area contributed by atoms with Gasteiger partial charge in [0.05, 0.1) is 6.61 Å². The topological polar surface area (TPSA) is 94.3 Å². The number of pyridine rings is 1. The first-order valence-electron chi connectivity index (χ1n) is 7.38. The van der Waals surface area contributed by atoms with Gasteiger partial charge in [-0.05, 0) is 37.3 Å². The van der Waals surface area contributed by atoms with Gasteiger partial charge in [-0.25, -0.2) is 14.8 Å². The number of hydrogen-bond acceptors (Lipinski definition) is 6. The van der Waals surface area contributed by atoms with Crippen molar-refractivity contribution in [2.24, 2.45) is 0 Å². The van der Waals surface area contributed by atoms with Crippen molar-refractivity contribution < 1.29 is 18.7 Å². The Hall–Kier alpha value is -3.22. The molecule has 2 heterocycles. The average Bonchev–Trinajstić information content (AvgIpc) is 3.04. The van der Waals surface area contributed by atoms with Crippen LogP contribution in [0.1, 0.15) is 27.8 Å². The minimum absolute atomic E-state index is 0.183. The van der Waals surface area contributed by atoms with Gasteiger partial charge >= 0.3 is 5.97 Å². The normalized spacial score (nSPS) is 10.6. The van der Waals surface area contributed by atoms with Gasteiger partial charge in [0.15, 0.2) is 5.58 Å². The minimum Gasteiger partial charge on any atom is -0.461 e. The number of nitrogens with zero attached hydrogens (tertiary/aromatic N) is 2. The summed E-state index contributed by atoms with van der Waals surface area (Å²) in [7, 11) is 1.56. The third-order valence-corrected chi connectivity index (χ3v) is 3.37. The third-order valence-electron chi connectivity index (χ3n) is 3.37. The van der Waals surface area contributed by atoms with Gasteiger partial charge in [-0.15, -0.1) is 0 Å². The monoisotopic (exact) mass is 325 g/mol. The van der Waals surface area contributed by atoms with Gasteiger partial charge in [0, 0.05) is 24.4 Å². The highest BCUT2D eigenvalue weighted by Gasteiger charge is 2.14. The Balaban J connectivity index is 1.99. The molecule has 0 aliphatic heterocycles. The Bertz CT molecular complexity index is 917. The van der Waals surface area contributed by atoms with E-state index >= 15 is 0 Å². The molecule has 1 aromatic carbocycles. The number of carbonyl (C=O) groups is 2. The zero-order valence-electron chi connectivity index (χ0n) is 13.2. The lowest BCUT2D eigenvalue weighted by molar-refractivity contribution is 0.0519. The maximum absolute atomic E-state index is 11.8. The molecular formula is C17H15N3O4. The van der Waals surface area contributed by atoms with E-state index < -0.39 is 5.97 Å². The Kier molecular flexibility index (Phi) is 4.24. The van der Waals surface area contributed by atoms with Gasteiger partial charge in [0.2, 0.25) is 5.89 Å². The predicted octanol–water partition coefficient (Wildman–Crippen LogP) is 2.43. The molecule has 0 aliphatic rings. The lowest BCUT2D eigenvalue weighted by atomic mass is 10.2. The number of oxazole rings is 1. The second kappa shape index (κ2) is 6.49. The number of amides is 1. The summed E-state index contributed by atoms with van der Waals surface area (Å²) in [6, 6.07) is 8.24. The van der Waals surface area contributed by atoms with Crippen LogP contribution >= 0.6 is 0 Å². The summed E-state index contributed by atoms with van der Waals surface area (Å²) >= 11 is 0. The van der Waals surface area contributed by atoms with Gasteiger partial charge in [-0.3, -0.25) is 4.79 Å².